The average Bonchev–Trinajstić information content (AvgIpc) is 3.23. The van der Waals surface area contributed by atoms with Gasteiger partial charge in [0.2, 0.25) is 0 Å². The number of imidazole rings is 1. The third-order valence-electron chi connectivity index (χ3n) is 6.59. The van der Waals surface area contributed by atoms with Gasteiger partial charge in [0.25, 0.3) is 5.56 Å². The second-order valence-corrected chi connectivity index (χ2v) is 11.0. The zero-order chi connectivity index (χ0) is 27.4. The van der Waals surface area contributed by atoms with E-state index in [2.05, 4.69) is 25.2 Å². The summed E-state index contributed by atoms with van der Waals surface area (Å²) in [5, 5.41) is 0.422. The molecule has 1 aliphatic heterocycles. The van der Waals surface area contributed by atoms with Crippen LogP contribution in [0.5, 0.6) is 0 Å². The van der Waals surface area contributed by atoms with Crippen molar-refractivity contribution in [2.45, 2.75) is 65.1 Å². The topological polar surface area (TPSA) is 94.4 Å². The Labute approximate surface area is 222 Å². The van der Waals surface area contributed by atoms with Gasteiger partial charge in [-0.2, -0.15) is 4.79 Å². The number of nitrogens with zero attached hydrogens (tertiary/aromatic N) is 6. The van der Waals surface area contributed by atoms with Crippen molar-refractivity contribution in [2.24, 2.45) is 0 Å². The Hall–Kier alpha value is -3.73. The van der Waals surface area contributed by atoms with E-state index in [1.54, 1.807) is 52.0 Å². The molecular formula is C27H29FN6O3Si+. The fourth-order valence-corrected chi connectivity index (χ4v) is 5.24. The molecule has 195 valence electrons. The maximum Gasteiger partial charge on any atom is 0.596 e. The zero-order valence-corrected chi connectivity index (χ0v) is 23.1. The van der Waals surface area contributed by atoms with Gasteiger partial charge in [-0.25, -0.2) is 19.3 Å². The van der Waals surface area contributed by atoms with Gasteiger partial charge >= 0.3 is 6.09 Å². The molecule has 0 spiro atoms. The van der Waals surface area contributed by atoms with Gasteiger partial charge in [-0.05, 0) is 46.8 Å². The normalized spacial score (nSPS) is 16.4. The highest BCUT2D eigenvalue weighted by Gasteiger charge is 2.35. The molecule has 4 aromatic rings. The van der Waals surface area contributed by atoms with Gasteiger partial charge in [0.15, 0.2) is 29.5 Å². The number of pyridine rings is 2. The second kappa shape index (κ2) is 9.54. The molecule has 4 aromatic heterocycles. The minimum Gasteiger partial charge on any atom is -0.406 e. The van der Waals surface area contributed by atoms with E-state index in [0.717, 1.165) is 5.71 Å². The van der Waals surface area contributed by atoms with Gasteiger partial charge in [-0.3, -0.25) is 4.79 Å². The van der Waals surface area contributed by atoms with E-state index in [1.807, 2.05) is 20.8 Å². The fraction of sp³-hybridized carbons (Fsp3) is 0.407. The number of rotatable bonds is 3. The monoisotopic (exact) mass is 532 g/mol. The highest BCUT2D eigenvalue weighted by atomic mass is 28.1. The van der Waals surface area contributed by atoms with Gasteiger partial charge < -0.3 is 13.7 Å². The van der Waals surface area contributed by atoms with Gasteiger partial charge in [-0.15, -0.1) is 4.58 Å². The lowest BCUT2D eigenvalue weighted by molar-refractivity contribution is -0.458. The Morgan fingerprint density at radius 2 is 2.00 bits per heavy atom. The number of carbonyl (C=O) groups is 1. The highest BCUT2D eigenvalue weighted by molar-refractivity contribution is 6.20. The number of halogens is 1. The van der Waals surface area contributed by atoms with Crippen LogP contribution in [0, 0.1) is 19.7 Å². The largest absolute Gasteiger partial charge is 0.596 e. The van der Waals surface area contributed by atoms with Crippen LogP contribution in [0.15, 0.2) is 35.5 Å². The summed E-state index contributed by atoms with van der Waals surface area (Å²) in [4.78, 5) is 39.7. The number of aromatic nitrogens is 5. The Morgan fingerprint density at radius 3 is 2.71 bits per heavy atom. The number of aryl methyl sites for hydroxylation is 2. The molecular weight excluding hydrogens is 503 g/mol. The van der Waals surface area contributed by atoms with Crippen molar-refractivity contribution in [1.82, 2.24) is 23.9 Å². The lowest BCUT2D eigenvalue weighted by atomic mass is 10.0. The summed E-state index contributed by atoms with van der Waals surface area (Å²) in [6.07, 6.45) is 5.95. The minimum atomic E-state index is -0.592. The number of fused-ring (bicyclic) bond motifs is 2. The SMILES string of the molecule is Cc1cn2cc(-c3nc(C)c4c(=O)n([C@H]5CC[N+](C(=O)OC(C)(C)C)=C(C[Si])C5)ccc4n3)cc(F)c2n1. The molecule has 0 aromatic carbocycles. The molecule has 9 nitrogen and oxygen atoms in total. The first-order chi connectivity index (χ1) is 17.9. The van der Waals surface area contributed by atoms with Crippen molar-refractivity contribution in [2.75, 3.05) is 6.54 Å². The van der Waals surface area contributed by atoms with Gasteiger partial charge in [0.1, 0.15) is 5.60 Å². The molecule has 0 unspecified atom stereocenters. The summed E-state index contributed by atoms with van der Waals surface area (Å²) in [6, 6.07) is 3.51. The third kappa shape index (κ3) is 4.78. The van der Waals surface area contributed by atoms with Gasteiger partial charge in [0, 0.05) is 53.3 Å². The van der Waals surface area contributed by atoms with Crippen molar-refractivity contribution >= 4 is 38.6 Å². The first-order valence-electron chi connectivity index (χ1n) is 12.5. The lowest BCUT2D eigenvalue weighted by Gasteiger charge is -2.25. The number of ether oxygens (including phenoxy) is 1. The highest BCUT2D eigenvalue weighted by Crippen LogP contribution is 2.26. The van der Waals surface area contributed by atoms with Crippen LogP contribution >= 0.6 is 0 Å². The van der Waals surface area contributed by atoms with Gasteiger partial charge in [-0.1, -0.05) is 0 Å². The summed E-state index contributed by atoms with van der Waals surface area (Å²) in [5.74, 6) is -0.136. The van der Waals surface area contributed by atoms with Gasteiger partial charge in [0.05, 0.1) is 28.3 Å². The predicted octanol–water partition coefficient (Wildman–Crippen LogP) is 4.17. The zero-order valence-electron chi connectivity index (χ0n) is 22.1. The summed E-state index contributed by atoms with van der Waals surface area (Å²) in [7, 11) is 3.55. The first-order valence-corrected chi connectivity index (χ1v) is 13.2. The maximum atomic E-state index is 14.7. The van der Waals surface area contributed by atoms with Crippen molar-refractivity contribution in [1.29, 1.82) is 0 Å². The molecule has 0 saturated heterocycles. The Bertz CT molecular complexity index is 1680. The number of hydrogen-bond donors (Lipinski definition) is 0. The van der Waals surface area contributed by atoms with Crippen LogP contribution in [0.3, 0.4) is 0 Å². The first kappa shape index (κ1) is 25.9. The fourth-order valence-electron chi connectivity index (χ4n) is 4.91. The number of hydrogen-bond acceptors (Lipinski definition) is 6. The van der Waals surface area contributed by atoms with Crippen LogP contribution < -0.4 is 5.56 Å². The van der Waals surface area contributed by atoms with Crippen molar-refractivity contribution in [3.05, 3.63) is 58.3 Å². The summed E-state index contributed by atoms with van der Waals surface area (Å²) in [6.45, 7) is 9.51. The number of amides is 1. The van der Waals surface area contributed by atoms with E-state index in [9.17, 15) is 14.0 Å². The molecule has 1 amide bonds. The Kier molecular flexibility index (Phi) is 6.50. The molecule has 0 saturated carbocycles. The van der Waals surface area contributed by atoms with Crippen LogP contribution in [-0.4, -0.2) is 62.7 Å². The van der Waals surface area contributed by atoms with E-state index >= 15 is 0 Å². The predicted molar refractivity (Wildman–Crippen MR) is 143 cm³/mol. The van der Waals surface area contributed by atoms with Crippen LogP contribution in [0.1, 0.15) is 51.0 Å². The van der Waals surface area contributed by atoms with Crippen LogP contribution in [-0.2, 0) is 4.74 Å². The van der Waals surface area contributed by atoms with E-state index in [0.29, 0.717) is 59.1 Å². The van der Waals surface area contributed by atoms with E-state index < -0.39 is 11.4 Å². The van der Waals surface area contributed by atoms with Crippen molar-refractivity contribution < 1.29 is 18.5 Å². The molecule has 1 aliphatic rings. The van der Waals surface area contributed by atoms with Crippen molar-refractivity contribution in [3.63, 3.8) is 0 Å². The molecule has 5 heterocycles. The lowest BCUT2D eigenvalue weighted by Crippen LogP contribution is -2.40. The smallest absolute Gasteiger partial charge is 0.406 e. The Morgan fingerprint density at radius 1 is 1.24 bits per heavy atom. The molecule has 0 N–H and O–H groups in total. The second-order valence-electron chi connectivity index (χ2n) is 10.6. The van der Waals surface area contributed by atoms with E-state index in [-0.39, 0.29) is 23.3 Å². The van der Waals surface area contributed by atoms with E-state index in [1.165, 1.54) is 6.07 Å². The van der Waals surface area contributed by atoms with Crippen LogP contribution in [0.2, 0.25) is 6.04 Å². The summed E-state index contributed by atoms with van der Waals surface area (Å²) in [5.41, 5.74) is 2.52. The summed E-state index contributed by atoms with van der Waals surface area (Å²) < 4.78 is 25.2. The molecule has 1 atom stereocenters. The maximum absolute atomic E-state index is 14.7. The van der Waals surface area contributed by atoms with Crippen LogP contribution in [0.4, 0.5) is 9.18 Å². The van der Waals surface area contributed by atoms with Crippen LogP contribution in [0.25, 0.3) is 27.9 Å². The molecule has 3 radical (unpaired) electrons. The minimum absolute atomic E-state index is 0.128. The summed E-state index contributed by atoms with van der Waals surface area (Å²) >= 11 is 0. The van der Waals surface area contributed by atoms with Crippen molar-refractivity contribution in [3.8, 4) is 11.4 Å². The van der Waals surface area contributed by atoms with E-state index in [4.69, 9.17) is 4.74 Å². The molecule has 5 rings (SSSR count). The third-order valence-corrected chi connectivity index (χ3v) is 7.00. The average molecular weight is 533 g/mol. The molecule has 0 aliphatic carbocycles. The molecule has 0 fully saturated rings. The standard InChI is InChI=1S/C27H29FN6O3Si/c1-15-12-32-13-17(10-20(28)24(32)29-15)23-30-16(2)22-21(31-23)7-9-33(25(22)35)18-6-8-34(19(11-18)14-38)26(36)37-27(3,4)5/h7,9-10,12-13,18H,6,8,11,14H2,1-5H3/q+1/t18-/m0/s1. The quantitative estimate of drug-likeness (QED) is 0.290. The Balaban J connectivity index is 1.50. The number of carbonyl (C=O) groups excluding carboxylic acids is 1. The molecule has 38 heavy (non-hydrogen) atoms. The molecule has 11 heteroatoms. The molecule has 0 bridgehead atoms.